The molecule has 4 nitrogen and oxygen atoms in total. The van der Waals surface area contributed by atoms with E-state index in [1.54, 1.807) is 30.3 Å². The van der Waals surface area contributed by atoms with Crippen LogP contribution in [0.5, 0.6) is 0 Å². The third-order valence-corrected chi connectivity index (χ3v) is 5.25. The maximum absolute atomic E-state index is 13.6. The third kappa shape index (κ3) is 4.76. The van der Waals surface area contributed by atoms with Crippen LogP contribution in [0.4, 0.5) is 4.39 Å². The molecule has 0 aromatic heterocycles. The Kier molecular flexibility index (Phi) is 5.77. The lowest BCUT2D eigenvalue weighted by atomic mass is 9.99. The summed E-state index contributed by atoms with van der Waals surface area (Å²) < 4.78 is 13.6. The van der Waals surface area contributed by atoms with Gasteiger partial charge in [0.25, 0.3) is 5.91 Å². The number of carbonyl (C=O) groups excluding carboxylic acids is 1. The number of rotatable bonds is 5. The SMILES string of the molecule is O=C(N/N=C\c1ccccc1F)c1ccc(C[NH+]2CCc3ccccc3C2)cc1. The predicted octanol–water partition coefficient (Wildman–Crippen LogP) is 2.73. The van der Waals surface area contributed by atoms with E-state index in [9.17, 15) is 9.18 Å². The topological polar surface area (TPSA) is 45.9 Å². The highest BCUT2D eigenvalue weighted by atomic mass is 19.1. The highest BCUT2D eigenvalue weighted by Gasteiger charge is 2.19. The highest BCUT2D eigenvalue weighted by Crippen LogP contribution is 2.11. The molecule has 1 heterocycles. The molecule has 1 amide bonds. The minimum Gasteiger partial charge on any atom is -0.327 e. The summed E-state index contributed by atoms with van der Waals surface area (Å²) in [6, 6.07) is 22.5. The van der Waals surface area contributed by atoms with Crippen molar-refractivity contribution < 1.29 is 14.1 Å². The first-order chi connectivity index (χ1) is 14.2. The van der Waals surface area contributed by atoms with Crippen molar-refractivity contribution >= 4 is 12.1 Å². The van der Waals surface area contributed by atoms with Crippen LogP contribution < -0.4 is 10.3 Å². The van der Waals surface area contributed by atoms with Gasteiger partial charge in [0, 0.05) is 28.7 Å². The number of nitrogens with one attached hydrogen (secondary N) is 2. The average Bonchev–Trinajstić information content (AvgIpc) is 2.75. The fourth-order valence-electron chi connectivity index (χ4n) is 3.66. The minimum atomic E-state index is -0.377. The Morgan fingerprint density at radius 2 is 1.72 bits per heavy atom. The molecule has 29 heavy (non-hydrogen) atoms. The van der Waals surface area contributed by atoms with E-state index in [1.807, 2.05) is 12.1 Å². The molecule has 146 valence electrons. The van der Waals surface area contributed by atoms with Gasteiger partial charge in [-0.1, -0.05) is 54.6 Å². The first-order valence-electron chi connectivity index (χ1n) is 9.76. The maximum atomic E-state index is 13.6. The van der Waals surface area contributed by atoms with Gasteiger partial charge < -0.3 is 4.90 Å². The average molecular weight is 388 g/mol. The fraction of sp³-hybridized carbons (Fsp3) is 0.167. The molecule has 0 fully saturated rings. The smallest absolute Gasteiger partial charge is 0.271 e. The van der Waals surface area contributed by atoms with Crippen LogP contribution in [0.3, 0.4) is 0 Å². The van der Waals surface area contributed by atoms with E-state index in [0.717, 1.165) is 26.1 Å². The molecular formula is C24H23FN3O+. The Morgan fingerprint density at radius 1 is 1.00 bits per heavy atom. The van der Waals surface area contributed by atoms with Crippen molar-refractivity contribution in [3.05, 3.63) is 106 Å². The van der Waals surface area contributed by atoms with Gasteiger partial charge in [0.2, 0.25) is 0 Å². The molecule has 3 aromatic rings. The summed E-state index contributed by atoms with van der Waals surface area (Å²) in [5.74, 6) is -0.693. The minimum absolute atomic E-state index is 0.316. The Balaban J connectivity index is 1.33. The van der Waals surface area contributed by atoms with Crippen molar-refractivity contribution in [2.45, 2.75) is 19.5 Å². The molecule has 5 heteroatoms. The summed E-state index contributed by atoms with van der Waals surface area (Å²) in [5, 5.41) is 3.85. The normalized spacial score (nSPS) is 15.8. The number of hydrogen-bond donors (Lipinski definition) is 2. The Bertz CT molecular complexity index is 1030. The second-order valence-corrected chi connectivity index (χ2v) is 7.29. The summed E-state index contributed by atoms with van der Waals surface area (Å²) in [7, 11) is 0. The summed E-state index contributed by atoms with van der Waals surface area (Å²) >= 11 is 0. The second-order valence-electron chi connectivity index (χ2n) is 7.29. The van der Waals surface area contributed by atoms with Gasteiger partial charge in [-0.2, -0.15) is 5.10 Å². The summed E-state index contributed by atoms with van der Waals surface area (Å²) in [4.78, 5) is 13.8. The number of benzene rings is 3. The van der Waals surface area contributed by atoms with E-state index in [1.165, 1.54) is 33.9 Å². The van der Waals surface area contributed by atoms with Crippen LogP contribution >= 0.6 is 0 Å². The zero-order valence-corrected chi connectivity index (χ0v) is 16.1. The van der Waals surface area contributed by atoms with Gasteiger partial charge in [0.15, 0.2) is 0 Å². The van der Waals surface area contributed by atoms with Gasteiger partial charge in [-0.05, 0) is 23.8 Å². The quantitative estimate of drug-likeness (QED) is 0.512. The fourth-order valence-corrected chi connectivity index (χ4v) is 3.66. The standard InChI is InChI=1S/C24H22FN3O/c25-23-8-4-3-6-21(23)15-26-27-24(29)20-11-9-18(10-12-20)16-28-14-13-19-5-1-2-7-22(19)17-28/h1-12,15H,13-14,16-17H2,(H,27,29)/p+1/b26-15-. The Labute approximate surface area is 169 Å². The second kappa shape index (κ2) is 8.80. The van der Waals surface area contributed by atoms with E-state index < -0.39 is 0 Å². The zero-order valence-electron chi connectivity index (χ0n) is 16.1. The summed E-state index contributed by atoms with van der Waals surface area (Å²) in [5.41, 5.74) is 7.39. The molecule has 4 rings (SSSR count). The predicted molar refractivity (Wildman–Crippen MR) is 111 cm³/mol. The zero-order chi connectivity index (χ0) is 20.1. The largest absolute Gasteiger partial charge is 0.327 e. The van der Waals surface area contributed by atoms with Crippen LogP contribution in [0.25, 0.3) is 0 Å². The van der Waals surface area contributed by atoms with Crippen molar-refractivity contribution in [1.29, 1.82) is 0 Å². The third-order valence-electron chi connectivity index (χ3n) is 5.25. The molecule has 2 N–H and O–H groups in total. The number of amides is 1. The van der Waals surface area contributed by atoms with Gasteiger partial charge in [-0.25, -0.2) is 9.82 Å². The molecular weight excluding hydrogens is 365 g/mol. The lowest BCUT2D eigenvalue weighted by molar-refractivity contribution is -0.929. The highest BCUT2D eigenvalue weighted by molar-refractivity contribution is 5.94. The van der Waals surface area contributed by atoms with E-state index in [4.69, 9.17) is 0 Å². The number of carbonyl (C=O) groups is 1. The van der Waals surface area contributed by atoms with Gasteiger partial charge in [0.1, 0.15) is 18.9 Å². The van der Waals surface area contributed by atoms with E-state index in [0.29, 0.717) is 11.1 Å². The van der Waals surface area contributed by atoms with Crippen LogP contribution in [0, 0.1) is 5.82 Å². The van der Waals surface area contributed by atoms with Gasteiger partial charge >= 0.3 is 0 Å². The number of hydrogen-bond acceptors (Lipinski definition) is 2. The lowest BCUT2D eigenvalue weighted by Gasteiger charge is -2.26. The molecule has 0 aliphatic carbocycles. The van der Waals surface area contributed by atoms with Crippen LogP contribution in [-0.4, -0.2) is 18.7 Å². The van der Waals surface area contributed by atoms with Crippen molar-refractivity contribution in [2.75, 3.05) is 6.54 Å². The van der Waals surface area contributed by atoms with Crippen molar-refractivity contribution in [3.8, 4) is 0 Å². The first kappa shape index (κ1) is 19.0. The molecule has 0 radical (unpaired) electrons. The van der Waals surface area contributed by atoms with E-state index in [2.05, 4.69) is 34.8 Å². The molecule has 1 unspecified atom stereocenters. The van der Waals surface area contributed by atoms with Crippen LogP contribution in [0.1, 0.15) is 32.6 Å². The van der Waals surface area contributed by atoms with Gasteiger partial charge in [-0.15, -0.1) is 0 Å². The number of hydrazone groups is 1. The van der Waals surface area contributed by atoms with Crippen molar-refractivity contribution in [2.24, 2.45) is 5.10 Å². The van der Waals surface area contributed by atoms with Crippen LogP contribution in [-0.2, 0) is 19.5 Å². The molecule has 0 saturated carbocycles. The number of halogens is 1. The molecule has 1 aliphatic rings. The van der Waals surface area contributed by atoms with Crippen molar-refractivity contribution in [1.82, 2.24) is 5.43 Å². The number of fused-ring (bicyclic) bond motifs is 1. The molecule has 0 saturated heterocycles. The van der Waals surface area contributed by atoms with E-state index in [-0.39, 0.29) is 11.7 Å². The summed E-state index contributed by atoms with van der Waals surface area (Å²) in [6.07, 6.45) is 2.41. The lowest BCUT2D eigenvalue weighted by Crippen LogP contribution is -3.10. The molecule has 1 atom stereocenters. The maximum Gasteiger partial charge on any atom is 0.271 e. The Morgan fingerprint density at radius 3 is 2.52 bits per heavy atom. The number of nitrogens with zero attached hydrogens (tertiary/aromatic N) is 1. The first-order valence-corrected chi connectivity index (χ1v) is 9.76. The van der Waals surface area contributed by atoms with E-state index >= 15 is 0 Å². The Hall–Kier alpha value is -3.31. The van der Waals surface area contributed by atoms with Crippen LogP contribution in [0.15, 0.2) is 77.9 Å². The van der Waals surface area contributed by atoms with Crippen LogP contribution in [0.2, 0.25) is 0 Å². The molecule has 3 aromatic carbocycles. The number of quaternary nitrogens is 1. The van der Waals surface area contributed by atoms with Gasteiger partial charge in [0.05, 0.1) is 12.8 Å². The monoisotopic (exact) mass is 388 g/mol. The molecule has 0 spiro atoms. The summed E-state index contributed by atoms with van der Waals surface area (Å²) in [6.45, 7) is 3.08. The molecule has 1 aliphatic heterocycles. The van der Waals surface area contributed by atoms with Gasteiger partial charge in [-0.3, -0.25) is 4.79 Å². The molecule has 0 bridgehead atoms. The van der Waals surface area contributed by atoms with Crippen molar-refractivity contribution in [3.63, 3.8) is 0 Å².